The van der Waals surface area contributed by atoms with Gasteiger partial charge in [0.25, 0.3) is 0 Å². The van der Waals surface area contributed by atoms with Crippen molar-refractivity contribution in [3.05, 3.63) is 48.3 Å². The molecule has 0 aliphatic rings. The van der Waals surface area contributed by atoms with Crippen LogP contribution in [0.3, 0.4) is 0 Å². The summed E-state index contributed by atoms with van der Waals surface area (Å²) in [6.45, 7) is 8.40. The normalized spacial score (nSPS) is 10.8. The van der Waals surface area contributed by atoms with Crippen LogP contribution in [0.4, 0.5) is 5.95 Å². The number of nitrogen functional groups attached to an aromatic ring is 1. The molecule has 1 heterocycles. The summed E-state index contributed by atoms with van der Waals surface area (Å²) in [6.07, 6.45) is 5.14. The van der Waals surface area contributed by atoms with Crippen LogP contribution in [0.5, 0.6) is 11.5 Å². The van der Waals surface area contributed by atoms with Crippen LogP contribution in [0.25, 0.3) is 0 Å². The van der Waals surface area contributed by atoms with Crippen molar-refractivity contribution in [2.45, 2.75) is 13.8 Å². The molecule has 0 spiro atoms. The lowest BCUT2D eigenvalue weighted by Crippen LogP contribution is -2.00. The Kier molecular flexibility index (Phi) is 5.19. The van der Waals surface area contributed by atoms with Crippen molar-refractivity contribution >= 4 is 12.2 Å². The van der Waals surface area contributed by atoms with E-state index in [1.54, 1.807) is 18.5 Å². The molecule has 2 rings (SSSR count). The summed E-state index contributed by atoms with van der Waals surface area (Å²) >= 11 is 0. The average Bonchev–Trinajstić information content (AvgIpc) is 2.82. The van der Waals surface area contributed by atoms with Crippen LogP contribution < -0.4 is 15.2 Å². The summed E-state index contributed by atoms with van der Waals surface area (Å²) in [6, 6.07) is 5.61. The number of nitrogens with two attached hydrogens (primary N) is 1. The minimum absolute atomic E-state index is 0.352. The molecular weight excluding hydrogens is 280 g/mol. The Morgan fingerprint density at radius 2 is 2.18 bits per heavy atom. The maximum Gasteiger partial charge on any atom is 0.221 e. The predicted octanol–water partition coefficient (Wildman–Crippen LogP) is 2.62. The van der Waals surface area contributed by atoms with E-state index >= 15 is 0 Å². The monoisotopic (exact) mass is 300 g/mol. The number of rotatable bonds is 7. The van der Waals surface area contributed by atoms with Crippen molar-refractivity contribution in [1.82, 2.24) is 9.66 Å². The number of aromatic nitrogens is 2. The number of imidazole rings is 1. The largest absolute Gasteiger partial charge is 0.490 e. The van der Waals surface area contributed by atoms with Gasteiger partial charge in [-0.2, -0.15) is 5.10 Å². The van der Waals surface area contributed by atoms with Crippen LogP contribution in [-0.2, 0) is 0 Å². The Bertz CT molecular complexity index is 677. The van der Waals surface area contributed by atoms with Crippen molar-refractivity contribution in [2.75, 3.05) is 18.9 Å². The molecule has 0 bridgehead atoms. The number of anilines is 1. The molecule has 22 heavy (non-hydrogen) atoms. The van der Waals surface area contributed by atoms with Gasteiger partial charge in [0.2, 0.25) is 5.95 Å². The fourth-order valence-corrected chi connectivity index (χ4v) is 1.87. The third-order valence-corrected chi connectivity index (χ3v) is 2.79. The Labute approximate surface area is 129 Å². The molecule has 0 unspecified atom stereocenters. The van der Waals surface area contributed by atoms with Gasteiger partial charge >= 0.3 is 0 Å². The third kappa shape index (κ3) is 3.88. The average molecular weight is 300 g/mol. The van der Waals surface area contributed by atoms with E-state index in [0.29, 0.717) is 30.7 Å². The van der Waals surface area contributed by atoms with Gasteiger partial charge < -0.3 is 15.2 Å². The summed E-state index contributed by atoms with van der Waals surface area (Å²) in [5.74, 6) is 1.70. The van der Waals surface area contributed by atoms with Crippen LogP contribution in [-0.4, -0.2) is 29.1 Å². The zero-order valence-electron chi connectivity index (χ0n) is 12.8. The molecule has 0 atom stereocenters. The standard InChI is InChI=1S/C16H20N4O2/c1-4-8-22-14-7-6-13(9-15(14)21-5-2)10-18-20-11-12(3)19-16(20)17/h4,6-7,9-11H,1,5,8H2,2-3H3,(H2,17,19). The smallest absolute Gasteiger partial charge is 0.221 e. The predicted molar refractivity (Wildman–Crippen MR) is 87.7 cm³/mol. The molecule has 6 heteroatoms. The molecule has 0 fully saturated rings. The van der Waals surface area contributed by atoms with Crippen LogP contribution in [0.1, 0.15) is 18.2 Å². The third-order valence-electron chi connectivity index (χ3n) is 2.79. The van der Waals surface area contributed by atoms with Gasteiger partial charge in [-0.25, -0.2) is 9.66 Å². The molecule has 2 N–H and O–H groups in total. The maximum absolute atomic E-state index is 5.75. The quantitative estimate of drug-likeness (QED) is 0.630. The SMILES string of the molecule is C=CCOc1ccc(C=Nn2cc(C)nc2N)cc1OCC. The number of hydrogen-bond acceptors (Lipinski definition) is 5. The van der Waals surface area contributed by atoms with Gasteiger partial charge in [-0.05, 0) is 37.6 Å². The second kappa shape index (κ2) is 7.31. The van der Waals surface area contributed by atoms with Crippen molar-refractivity contribution in [3.8, 4) is 11.5 Å². The van der Waals surface area contributed by atoms with Crippen LogP contribution >= 0.6 is 0 Å². The molecule has 0 amide bonds. The van der Waals surface area contributed by atoms with Crippen molar-refractivity contribution in [1.29, 1.82) is 0 Å². The second-order valence-corrected chi connectivity index (χ2v) is 4.57. The first-order valence-corrected chi connectivity index (χ1v) is 7.00. The summed E-state index contributed by atoms with van der Waals surface area (Å²) in [5.41, 5.74) is 7.44. The molecule has 6 nitrogen and oxygen atoms in total. The zero-order chi connectivity index (χ0) is 15.9. The van der Waals surface area contributed by atoms with Crippen molar-refractivity contribution < 1.29 is 9.47 Å². The van der Waals surface area contributed by atoms with Gasteiger partial charge in [-0.1, -0.05) is 12.7 Å². The minimum Gasteiger partial charge on any atom is -0.490 e. The first-order valence-electron chi connectivity index (χ1n) is 7.00. The summed E-state index contributed by atoms with van der Waals surface area (Å²) in [7, 11) is 0. The second-order valence-electron chi connectivity index (χ2n) is 4.57. The van der Waals surface area contributed by atoms with Crippen LogP contribution in [0.15, 0.2) is 42.2 Å². The topological polar surface area (TPSA) is 74.7 Å². The molecule has 0 radical (unpaired) electrons. The molecule has 0 aliphatic heterocycles. The van der Waals surface area contributed by atoms with E-state index in [2.05, 4.69) is 16.7 Å². The highest BCUT2D eigenvalue weighted by Crippen LogP contribution is 2.28. The lowest BCUT2D eigenvalue weighted by atomic mass is 10.2. The summed E-state index contributed by atoms with van der Waals surface area (Å²) in [5, 5.41) is 4.28. The Morgan fingerprint density at radius 1 is 1.36 bits per heavy atom. The van der Waals surface area contributed by atoms with E-state index in [-0.39, 0.29) is 0 Å². The molecule has 2 aromatic rings. The van der Waals surface area contributed by atoms with E-state index in [4.69, 9.17) is 15.2 Å². The lowest BCUT2D eigenvalue weighted by Gasteiger charge is -2.11. The van der Waals surface area contributed by atoms with E-state index in [9.17, 15) is 0 Å². The van der Waals surface area contributed by atoms with E-state index in [0.717, 1.165) is 11.3 Å². The molecule has 1 aromatic carbocycles. The fourth-order valence-electron chi connectivity index (χ4n) is 1.87. The van der Waals surface area contributed by atoms with Gasteiger partial charge in [0.05, 0.1) is 24.7 Å². The molecule has 116 valence electrons. The van der Waals surface area contributed by atoms with E-state index < -0.39 is 0 Å². The van der Waals surface area contributed by atoms with Crippen LogP contribution in [0, 0.1) is 6.92 Å². The Morgan fingerprint density at radius 3 is 2.82 bits per heavy atom. The highest BCUT2D eigenvalue weighted by Gasteiger charge is 2.05. The number of nitrogens with zero attached hydrogens (tertiary/aromatic N) is 3. The lowest BCUT2D eigenvalue weighted by molar-refractivity contribution is 0.297. The van der Waals surface area contributed by atoms with Gasteiger partial charge in [0.1, 0.15) is 6.61 Å². The Hall–Kier alpha value is -2.76. The zero-order valence-corrected chi connectivity index (χ0v) is 12.8. The van der Waals surface area contributed by atoms with E-state index in [1.807, 2.05) is 32.0 Å². The maximum atomic E-state index is 5.75. The number of benzene rings is 1. The Balaban J connectivity index is 2.22. The molecular formula is C16H20N4O2. The summed E-state index contributed by atoms with van der Waals surface area (Å²) in [4.78, 5) is 4.09. The molecule has 0 aliphatic carbocycles. The minimum atomic E-state index is 0.352. The molecule has 0 saturated carbocycles. The number of aryl methyl sites for hydroxylation is 1. The first-order chi connectivity index (χ1) is 10.6. The number of ether oxygens (including phenoxy) is 2. The van der Waals surface area contributed by atoms with E-state index in [1.165, 1.54) is 4.68 Å². The van der Waals surface area contributed by atoms with Crippen molar-refractivity contribution in [3.63, 3.8) is 0 Å². The van der Waals surface area contributed by atoms with Gasteiger partial charge in [-0.15, -0.1) is 0 Å². The molecule has 0 saturated heterocycles. The highest BCUT2D eigenvalue weighted by atomic mass is 16.5. The van der Waals surface area contributed by atoms with Gasteiger partial charge in [-0.3, -0.25) is 0 Å². The van der Waals surface area contributed by atoms with Gasteiger partial charge in [0.15, 0.2) is 11.5 Å². The highest BCUT2D eigenvalue weighted by molar-refractivity contribution is 5.81. The first kappa shape index (κ1) is 15.6. The fraction of sp³-hybridized carbons (Fsp3) is 0.250. The summed E-state index contributed by atoms with van der Waals surface area (Å²) < 4.78 is 12.7. The number of hydrogen-bond donors (Lipinski definition) is 1. The van der Waals surface area contributed by atoms with Crippen LogP contribution in [0.2, 0.25) is 0 Å². The van der Waals surface area contributed by atoms with Crippen molar-refractivity contribution in [2.24, 2.45) is 5.10 Å². The molecule has 1 aromatic heterocycles. The van der Waals surface area contributed by atoms with Gasteiger partial charge in [0, 0.05) is 0 Å².